The highest BCUT2D eigenvalue weighted by molar-refractivity contribution is 5.90. The number of carbonyl (C=O) groups is 1. The summed E-state index contributed by atoms with van der Waals surface area (Å²) in [5.41, 5.74) is 1.14. The van der Waals surface area contributed by atoms with Gasteiger partial charge in [0.1, 0.15) is 12.6 Å². The lowest BCUT2D eigenvalue weighted by Gasteiger charge is -2.32. The maximum atomic E-state index is 12.4. The van der Waals surface area contributed by atoms with Crippen molar-refractivity contribution < 1.29 is 19.0 Å². The Bertz CT molecular complexity index is 404. The van der Waals surface area contributed by atoms with Crippen LogP contribution in [-0.4, -0.2) is 39.5 Å². The van der Waals surface area contributed by atoms with E-state index in [0.29, 0.717) is 44.2 Å². The van der Waals surface area contributed by atoms with Crippen molar-refractivity contribution in [1.29, 1.82) is 0 Å². The molecule has 0 aromatic rings. The molecule has 2 bridgehead atoms. The number of ether oxygens (including phenoxy) is 3. The molecule has 3 atom stereocenters. The Hall–Kier alpha value is -0.710. The zero-order valence-electron chi connectivity index (χ0n) is 14.2. The van der Waals surface area contributed by atoms with E-state index in [9.17, 15) is 4.79 Å². The minimum Gasteiger partial charge on any atom is -0.382 e. The van der Waals surface area contributed by atoms with Crippen LogP contribution in [0.5, 0.6) is 0 Å². The summed E-state index contributed by atoms with van der Waals surface area (Å²) in [5.74, 6) is 1.52. The topological polar surface area (TPSA) is 44.8 Å². The monoisotopic (exact) mass is 310 g/mol. The van der Waals surface area contributed by atoms with Crippen LogP contribution in [0.2, 0.25) is 0 Å². The van der Waals surface area contributed by atoms with Gasteiger partial charge in [-0.05, 0) is 44.9 Å². The van der Waals surface area contributed by atoms with Crippen molar-refractivity contribution in [3.8, 4) is 0 Å². The van der Waals surface area contributed by atoms with Gasteiger partial charge in [0, 0.05) is 18.4 Å². The molecule has 2 rings (SSSR count). The minimum absolute atomic E-state index is 0.0657. The number of carbonyl (C=O) groups excluding carboxylic acids is 1. The molecular weight excluding hydrogens is 280 g/mol. The van der Waals surface area contributed by atoms with Crippen LogP contribution >= 0.6 is 0 Å². The first-order valence-corrected chi connectivity index (χ1v) is 8.42. The van der Waals surface area contributed by atoms with Crippen molar-refractivity contribution in [3.05, 3.63) is 11.6 Å². The van der Waals surface area contributed by atoms with Crippen molar-refractivity contribution >= 4 is 5.78 Å². The normalized spacial score (nSPS) is 31.2. The van der Waals surface area contributed by atoms with Crippen LogP contribution in [0.25, 0.3) is 0 Å². The van der Waals surface area contributed by atoms with Crippen LogP contribution in [0.1, 0.15) is 46.0 Å². The summed E-state index contributed by atoms with van der Waals surface area (Å²) >= 11 is 0. The molecule has 0 heterocycles. The zero-order chi connectivity index (χ0) is 16.0. The van der Waals surface area contributed by atoms with Crippen LogP contribution in [0.3, 0.4) is 0 Å². The Morgan fingerprint density at radius 3 is 2.82 bits per heavy atom. The summed E-state index contributed by atoms with van der Waals surface area (Å²) in [6.45, 7) is 6.29. The highest BCUT2D eigenvalue weighted by Gasteiger charge is 2.54. The molecule has 22 heavy (non-hydrogen) atoms. The molecule has 0 aliphatic heterocycles. The van der Waals surface area contributed by atoms with Crippen molar-refractivity contribution in [2.45, 2.75) is 46.0 Å². The summed E-state index contributed by atoms with van der Waals surface area (Å²) < 4.78 is 15.6. The Morgan fingerprint density at radius 2 is 2.14 bits per heavy atom. The number of allylic oxidation sites excluding steroid dienone is 1. The maximum Gasteiger partial charge on any atom is 0.147 e. The predicted molar refractivity (Wildman–Crippen MR) is 85.6 cm³/mol. The molecule has 126 valence electrons. The van der Waals surface area contributed by atoms with Gasteiger partial charge >= 0.3 is 0 Å². The van der Waals surface area contributed by atoms with Gasteiger partial charge in [-0.25, -0.2) is 0 Å². The van der Waals surface area contributed by atoms with Gasteiger partial charge in [0.2, 0.25) is 0 Å². The lowest BCUT2D eigenvalue weighted by Crippen LogP contribution is -2.33. The molecule has 2 saturated carbocycles. The average molecular weight is 310 g/mol. The second kappa shape index (κ2) is 8.23. The van der Waals surface area contributed by atoms with E-state index in [1.807, 2.05) is 0 Å². The fourth-order valence-electron chi connectivity index (χ4n) is 3.93. The summed E-state index contributed by atoms with van der Waals surface area (Å²) in [4.78, 5) is 12.4. The van der Waals surface area contributed by atoms with Crippen LogP contribution < -0.4 is 0 Å². The highest BCUT2D eigenvalue weighted by atomic mass is 16.7. The van der Waals surface area contributed by atoms with E-state index < -0.39 is 0 Å². The Kier molecular flexibility index (Phi) is 6.60. The van der Waals surface area contributed by atoms with Crippen LogP contribution in [0, 0.1) is 17.3 Å². The van der Waals surface area contributed by atoms with E-state index in [0.717, 1.165) is 25.7 Å². The molecule has 0 aromatic heterocycles. The summed E-state index contributed by atoms with van der Waals surface area (Å²) in [5, 5.41) is 0. The number of Topliss-reactive ketones (excluding diaryl/α,β-unsaturated/α-hetero) is 1. The minimum atomic E-state index is -0.0657. The molecular formula is C18H30O4. The molecule has 4 nitrogen and oxygen atoms in total. The van der Waals surface area contributed by atoms with E-state index in [4.69, 9.17) is 14.2 Å². The fraction of sp³-hybridized carbons (Fsp3) is 0.833. The quantitative estimate of drug-likeness (QED) is 0.353. The Morgan fingerprint density at radius 1 is 1.32 bits per heavy atom. The molecule has 0 amide bonds. The van der Waals surface area contributed by atoms with Crippen molar-refractivity contribution in [2.75, 3.05) is 33.7 Å². The standard InChI is InChI=1S/C18H30O4/c1-14(12-22-13-21-10-9-20-3)5-4-8-18(2)16-7-6-15(11-16)17(18)19/h5,15-16H,4,6-13H2,1-3H3/b14-5-/t15-,16+,18-/m1/s1. The first-order chi connectivity index (χ1) is 10.6. The highest BCUT2D eigenvalue weighted by Crippen LogP contribution is 2.55. The van der Waals surface area contributed by atoms with E-state index >= 15 is 0 Å². The Labute approximate surface area is 134 Å². The predicted octanol–water partition coefficient (Wildman–Crippen LogP) is 3.36. The summed E-state index contributed by atoms with van der Waals surface area (Å²) in [7, 11) is 1.65. The molecule has 2 aliphatic rings. The van der Waals surface area contributed by atoms with Crippen molar-refractivity contribution in [1.82, 2.24) is 0 Å². The zero-order valence-corrected chi connectivity index (χ0v) is 14.2. The van der Waals surface area contributed by atoms with Gasteiger partial charge in [0.15, 0.2) is 0 Å². The third-order valence-corrected chi connectivity index (χ3v) is 5.35. The van der Waals surface area contributed by atoms with Gasteiger partial charge in [0.05, 0.1) is 19.8 Å². The van der Waals surface area contributed by atoms with E-state index in [2.05, 4.69) is 19.9 Å². The molecule has 2 fully saturated rings. The van der Waals surface area contributed by atoms with Gasteiger partial charge in [-0.3, -0.25) is 4.79 Å². The fourth-order valence-corrected chi connectivity index (χ4v) is 3.93. The first kappa shape index (κ1) is 17.6. The lowest BCUT2D eigenvalue weighted by atomic mass is 9.71. The van der Waals surface area contributed by atoms with Gasteiger partial charge < -0.3 is 14.2 Å². The lowest BCUT2D eigenvalue weighted by molar-refractivity contribution is -0.131. The number of fused-ring (bicyclic) bond motifs is 2. The van der Waals surface area contributed by atoms with Gasteiger partial charge in [-0.2, -0.15) is 0 Å². The van der Waals surface area contributed by atoms with Gasteiger partial charge in [0.25, 0.3) is 0 Å². The molecule has 4 heteroatoms. The molecule has 2 aliphatic carbocycles. The van der Waals surface area contributed by atoms with E-state index in [-0.39, 0.29) is 5.41 Å². The van der Waals surface area contributed by atoms with Gasteiger partial charge in [-0.15, -0.1) is 0 Å². The molecule has 0 radical (unpaired) electrons. The SMILES string of the molecule is COCCOCOC/C(C)=C\CC[C@@]1(C)C(=O)[C@@H]2CC[C@H]1C2. The van der Waals surface area contributed by atoms with Crippen molar-refractivity contribution in [3.63, 3.8) is 0 Å². The molecule has 0 N–H and O–H groups in total. The second-order valence-electron chi connectivity index (χ2n) is 6.95. The average Bonchev–Trinajstić information content (AvgIpc) is 3.06. The van der Waals surface area contributed by atoms with E-state index in [1.165, 1.54) is 12.0 Å². The second-order valence-corrected chi connectivity index (χ2v) is 6.95. The molecule has 0 unspecified atom stereocenters. The molecule has 0 spiro atoms. The van der Waals surface area contributed by atoms with Crippen LogP contribution in [0.15, 0.2) is 11.6 Å². The maximum absolute atomic E-state index is 12.4. The number of hydrogen-bond acceptors (Lipinski definition) is 4. The number of methoxy groups -OCH3 is 1. The largest absolute Gasteiger partial charge is 0.382 e. The summed E-state index contributed by atoms with van der Waals surface area (Å²) in [6.07, 6.45) is 7.67. The van der Waals surface area contributed by atoms with E-state index in [1.54, 1.807) is 7.11 Å². The van der Waals surface area contributed by atoms with Gasteiger partial charge in [-0.1, -0.05) is 18.6 Å². The van der Waals surface area contributed by atoms with Crippen LogP contribution in [0.4, 0.5) is 0 Å². The number of rotatable bonds is 10. The summed E-state index contributed by atoms with van der Waals surface area (Å²) in [6, 6.07) is 0. The first-order valence-electron chi connectivity index (χ1n) is 8.42. The number of hydrogen-bond donors (Lipinski definition) is 0. The van der Waals surface area contributed by atoms with Crippen molar-refractivity contribution in [2.24, 2.45) is 17.3 Å². The third-order valence-electron chi connectivity index (χ3n) is 5.35. The molecule has 0 saturated heterocycles. The van der Waals surface area contributed by atoms with Crippen LogP contribution in [-0.2, 0) is 19.0 Å². The Balaban J connectivity index is 1.63. The molecule has 0 aromatic carbocycles. The third kappa shape index (κ3) is 4.18. The number of ketones is 1. The smallest absolute Gasteiger partial charge is 0.147 e.